The molecule has 0 spiro atoms. The molecule has 0 radical (unpaired) electrons. The fourth-order valence-electron chi connectivity index (χ4n) is 3.49. The minimum Gasteiger partial charge on any atom is -0.508 e. The Labute approximate surface area is 173 Å². The van der Waals surface area contributed by atoms with E-state index in [0.29, 0.717) is 28.6 Å². The third-order valence-corrected chi connectivity index (χ3v) is 5.24. The summed E-state index contributed by atoms with van der Waals surface area (Å²) in [6, 6.07) is 10.8. The number of aromatic nitrogens is 1. The molecule has 7 nitrogen and oxygen atoms in total. The van der Waals surface area contributed by atoms with Crippen molar-refractivity contribution in [3.05, 3.63) is 42.0 Å². The van der Waals surface area contributed by atoms with Gasteiger partial charge in [0.25, 0.3) is 0 Å². The van der Waals surface area contributed by atoms with Gasteiger partial charge in [-0.2, -0.15) is 0 Å². The second kappa shape index (κ2) is 7.74. The summed E-state index contributed by atoms with van der Waals surface area (Å²) in [5.74, 6) is 0.483. The topological polar surface area (TPSA) is 98.1 Å². The fraction of sp³-hybridized carbons (Fsp3) is 0.304. The molecule has 1 saturated carbocycles. The van der Waals surface area contributed by atoms with Crippen LogP contribution in [0.4, 0.5) is 0 Å². The number of fused-ring (bicyclic) bond motifs is 1. The molecule has 0 bridgehead atoms. The predicted molar refractivity (Wildman–Crippen MR) is 112 cm³/mol. The number of aromatic hydroxyl groups is 1. The van der Waals surface area contributed by atoms with Crippen molar-refractivity contribution in [1.82, 2.24) is 4.98 Å². The number of carbonyl (C=O) groups is 1. The summed E-state index contributed by atoms with van der Waals surface area (Å²) in [6.45, 7) is 1.44. The minimum absolute atomic E-state index is 0.162. The molecule has 30 heavy (non-hydrogen) atoms. The van der Waals surface area contributed by atoms with Crippen molar-refractivity contribution < 1.29 is 29.2 Å². The number of methoxy groups -OCH3 is 2. The maximum Gasteiger partial charge on any atom is 0.344 e. The van der Waals surface area contributed by atoms with Crippen molar-refractivity contribution in [2.45, 2.75) is 31.8 Å². The van der Waals surface area contributed by atoms with E-state index >= 15 is 0 Å². The number of ether oxygens (including phenoxy) is 3. The van der Waals surface area contributed by atoms with E-state index in [1.54, 1.807) is 24.3 Å². The summed E-state index contributed by atoms with van der Waals surface area (Å²) >= 11 is 0. The van der Waals surface area contributed by atoms with Gasteiger partial charge in [-0.05, 0) is 61.6 Å². The lowest BCUT2D eigenvalue weighted by atomic mass is 10.0. The first-order valence-electron chi connectivity index (χ1n) is 9.70. The number of benzene rings is 2. The third-order valence-electron chi connectivity index (χ3n) is 5.24. The summed E-state index contributed by atoms with van der Waals surface area (Å²) in [4.78, 5) is 16.0. The molecule has 1 aliphatic carbocycles. The van der Waals surface area contributed by atoms with E-state index in [0.717, 1.165) is 23.8 Å². The van der Waals surface area contributed by atoms with Crippen molar-refractivity contribution in [2.75, 3.05) is 14.2 Å². The Hall–Kier alpha value is -3.48. The zero-order valence-corrected chi connectivity index (χ0v) is 17.0. The average molecular weight is 409 g/mol. The van der Waals surface area contributed by atoms with Gasteiger partial charge in [-0.25, -0.2) is 9.78 Å². The van der Waals surface area contributed by atoms with E-state index < -0.39 is 12.1 Å². The third kappa shape index (κ3) is 3.70. The van der Waals surface area contributed by atoms with Gasteiger partial charge in [-0.15, -0.1) is 0 Å². The van der Waals surface area contributed by atoms with Crippen molar-refractivity contribution in [1.29, 1.82) is 0 Å². The number of aliphatic carboxylic acids is 1. The number of carboxylic acids is 1. The largest absolute Gasteiger partial charge is 0.508 e. The Morgan fingerprint density at radius 1 is 1.10 bits per heavy atom. The van der Waals surface area contributed by atoms with E-state index in [1.807, 2.05) is 6.07 Å². The minimum atomic E-state index is -1.09. The molecule has 0 aliphatic heterocycles. The highest BCUT2D eigenvalue weighted by Gasteiger charge is 2.27. The number of nitrogens with zero attached hydrogens (tertiary/aromatic N) is 1. The van der Waals surface area contributed by atoms with E-state index in [2.05, 4.69) is 6.07 Å². The molecule has 1 aliphatic rings. The van der Waals surface area contributed by atoms with Crippen LogP contribution in [0.3, 0.4) is 0 Å². The number of hydrogen-bond acceptors (Lipinski definition) is 6. The zero-order valence-electron chi connectivity index (χ0n) is 17.0. The SMILES string of the molecule is COc1cc(-c2cc(C3CC3)c3ccc(O)cc3n2)cc(OC)c1OC(C)C(=O)O. The Bertz CT molecular complexity index is 1100. The number of pyridine rings is 1. The summed E-state index contributed by atoms with van der Waals surface area (Å²) in [5, 5.41) is 20.1. The molecule has 7 heteroatoms. The van der Waals surface area contributed by atoms with Crippen LogP contribution < -0.4 is 14.2 Å². The lowest BCUT2D eigenvalue weighted by Crippen LogP contribution is -2.23. The lowest BCUT2D eigenvalue weighted by Gasteiger charge is -2.18. The Morgan fingerprint density at radius 2 is 1.77 bits per heavy atom. The quantitative estimate of drug-likeness (QED) is 0.598. The van der Waals surface area contributed by atoms with Crippen molar-refractivity contribution in [3.8, 4) is 34.3 Å². The van der Waals surface area contributed by atoms with E-state index in [-0.39, 0.29) is 11.5 Å². The first kappa shape index (κ1) is 19.8. The van der Waals surface area contributed by atoms with Gasteiger partial charge in [-0.3, -0.25) is 0 Å². The normalized spacial score (nSPS) is 14.4. The highest BCUT2D eigenvalue weighted by atomic mass is 16.6. The van der Waals surface area contributed by atoms with Crippen molar-refractivity contribution in [3.63, 3.8) is 0 Å². The van der Waals surface area contributed by atoms with Gasteiger partial charge in [0.1, 0.15) is 5.75 Å². The standard InChI is InChI=1S/C23H23NO6/c1-12(23(26)27)30-22-20(28-2)8-14(9-21(22)29-3)18-11-17(13-4-5-13)16-7-6-15(25)10-19(16)24-18/h6-13,25H,4-5H2,1-3H3,(H,26,27). The molecular formula is C23H23NO6. The van der Waals surface area contributed by atoms with E-state index in [9.17, 15) is 15.0 Å². The first-order chi connectivity index (χ1) is 14.4. The van der Waals surface area contributed by atoms with Crippen LogP contribution in [-0.4, -0.2) is 41.5 Å². The molecule has 4 rings (SSSR count). The number of hydrogen-bond donors (Lipinski definition) is 2. The van der Waals surface area contributed by atoms with Crippen LogP contribution in [0.15, 0.2) is 36.4 Å². The van der Waals surface area contributed by atoms with Crippen LogP contribution >= 0.6 is 0 Å². The Kier molecular flexibility index (Phi) is 5.11. The predicted octanol–water partition coefficient (Wildman–Crippen LogP) is 4.35. The van der Waals surface area contributed by atoms with Crippen LogP contribution in [0.2, 0.25) is 0 Å². The van der Waals surface area contributed by atoms with Crippen LogP contribution in [0, 0.1) is 0 Å². The van der Waals surface area contributed by atoms with Crippen LogP contribution in [0.1, 0.15) is 31.2 Å². The molecule has 1 unspecified atom stereocenters. The fourth-order valence-corrected chi connectivity index (χ4v) is 3.49. The molecule has 1 atom stereocenters. The van der Waals surface area contributed by atoms with E-state index in [1.165, 1.54) is 26.7 Å². The molecule has 2 aromatic carbocycles. The highest BCUT2D eigenvalue weighted by molar-refractivity contribution is 5.87. The maximum absolute atomic E-state index is 11.2. The van der Waals surface area contributed by atoms with E-state index in [4.69, 9.17) is 19.2 Å². The molecule has 0 saturated heterocycles. The molecule has 1 fully saturated rings. The van der Waals surface area contributed by atoms with Gasteiger partial charge in [0.05, 0.1) is 25.4 Å². The summed E-state index contributed by atoms with van der Waals surface area (Å²) in [5.41, 5.74) is 3.37. The highest BCUT2D eigenvalue weighted by Crippen LogP contribution is 2.46. The average Bonchev–Trinajstić information content (AvgIpc) is 3.57. The second-order valence-electron chi connectivity index (χ2n) is 7.38. The van der Waals surface area contributed by atoms with Crippen molar-refractivity contribution >= 4 is 16.9 Å². The number of phenols is 1. The number of rotatable bonds is 7. The molecule has 156 valence electrons. The van der Waals surface area contributed by atoms with Gasteiger partial charge >= 0.3 is 5.97 Å². The number of phenolic OH excluding ortho intramolecular Hbond substituents is 1. The Balaban J connectivity index is 1.86. The monoisotopic (exact) mass is 409 g/mol. The summed E-state index contributed by atoms with van der Waals surface area (Å²) in [6.07, 6.45) is 1.19. The van der Waals surface area contributed by atoms with Gasteiger partial charge in [-0.1, -0.05) is 0 Å². The van der Waals surface area contributed by atoms with Gasteiger partial charge in [0.2, 0.25) is 5.75 Å². The van der Waals surface area contributed by atoms with Crippen LogP contribution in [-0.2, 0) is 4.79 Å². The number of carboxylic acid groups (broad SMARTS) is 1. The second-order valence-corrected chi connectivity index (χ2v) is 7.38. The van der Waals surface area contributed by atoms with Crippen molar-refractivity contribution in [2.24, 2.45) is 0 Å². The summed E-state index contributed by atoms with van der Waals surface area (Å²) in [7, 11) is 2.97. The summed E-state index contributed by atoms with van der Waals surface area (Å²) < 4.78 is 16.5. The maximum atomic E-state index is 11.2. The smallest absolute Gasteiger partial charge is 0.344 e. The zero-order chi connectivity index (χ0) is 21.4. The first-order valence-corrected chi connectivity index (χ1v) is 9.70. The van der Waals surface area contributed by atoms with Crippen LogP contribution in [0.25, 0.3) is 22.2 Å². The molecule has 0 amide bonds. The van der Waals surface area contributed by atoms with Crippen LogP contribution in [0.5, 0.6) is 23.0 Å². The molecule has 2 N–H and O–H groups in total. The molecular weight excluding hydrogens is 386 g/mol. The van der Waals surface area contributed by atoms with Gasteiger partial charge in [0.15, 0.2) is 17.6 Å². The molecule has 3 aromatic rings. The lowest BCUT2D eigenvalue weighted by molar-refractivity contribution is -0.144. The molecule has 1 aromatic heterocycles. The Morgan fingerprint density at radius 3 is 2.33 bits per heavy atom. The molecule has 1 heterocycles. The van der Waals surface area contributed by atoms with Gasteiger partial charge in [0, 0.05) is 17.0 Å². The van der Waals surface area contributed by atoms with Gasteiger partial charge < -0.3 is 24.4 Å².